The van der Waals surface area contributed by atoms with Crippen molar-refractivity contribution < 1.29 is 23.8 Å². The van der Waals surface area contributed by atoms with E-state index < -0.39 is 23.6 Å². The van der Waals surface area contributed by atoms with Crippen LogP contribution in [0.3, 0.4) is 0 Å². The Kier molecular flexibility index (Phi) is 4.87. The van der Waals surface area contributed by atoms with Crippen LogP contribution in [0.2, 0.25) is 0 Å². The normalized spacial score (nSPS) is 21.4. The Hall–Kier alpha value is -2.64. The van der Waals surface area contributed by atoms with Gasteiger partial charge in [-0.15, -0.1) is 0 Å². The molecule has 0 saturated carbocycles. The first-order valence-corrected chi connectivity index (χ1v) is 7.98. The lowest BCUT2D eigenvalue weighted by Gasteiger charge is -2.20. The maximum absolute atomic E-state index is 12.6. The molecule has 1 aromatic heterocycles. The van der Waals surface area contributed by atoms with E-state index in [1.807, 2.05) is 30.3 Å². The van der Waals surface area contributed by atoms with Crippen molar-refractivity contribution in [3.05, 3.63) is 60.1 Å². The summed E-state index contributed by atoms with van der Waals surface area (Å²) < 4.78 is 10.7. The molecule has 2 aromatic rings. The summed E-state index contributed by atoms with van der Waals surface area (Å²) >= 11 is 0. The molecule has 3 rings (SSSR count). The summed E-state index contributed by atoms with van der Waals surface area (Å²) in [5.74, 6) is -0.113. The molecule has 0 aliphatic carbocycles. The minimum absolute atomic E-state index is 0.0173. The summed E-state index contributed by atoms with van der Waals surface area (Å²) in [5, 5.41) is 12.7. The Bertz CT molecular complexity index is 731. The third-order valence-corrected chi connectivity index (χ3v) is 4.10. The highest BCUT2D eigenvalue weighted by Gasteiger charge is 2.51. The van der Waals surface area contributed by atoms with Crippen molar-refractivity contribution in [3.8, 4) is 0 Å². The lowest BCUT2D eigenvalue weighted by molar-refractivity contribution is -0.133. The van der Waals surface area contributed by atoms with E-state index in [0.717, 1.165) is 10.5 Å². The summed E-state index contributed by atoms with van der Waals surface area (Å²) in [4.78, 5) is 25.7. The van der Waals surface area contributed by atoms with E-state index in [4.69, 9.17) is 9.15 Å². The fraction of sp³-hybridized carbons (Fsp3) is 0.333. The quantitative estimate of drug-likeness (QED) is 0.745. The molecular formula is C18H20N2O5. The Morgan fingerprint density at radius 2 is 2.00 bits per heavy atom. The SMILES string of the molecule is C[C@]1(c2ccco2)NC(=O)N(C[C@H](O)COCc2ccccc2)C1=O. The summed E-state index contributed by atoms with van der Waals surface area (Å²) in [6.45, 7) is 1.80. The Morgan fingerprint density at radius 1 is 1.24 bits per heavy atom. The van der Waals surface area contributed by atoms with Crippen LogP contribution in [0.5, 0.6) is 0 Å². The van der Waals surface area contributed by atoms with Crippen LogP contribution in [0.15, 0.2) is 53.1 Å². The molecule has 2 heterocycles. The minimum Gasteiger partial charge on any atom is -0.466 e. The average Bonchev–Trinajstić information content (AvgIpc) is 3.21. The largest absolute Gasteiger partial charge is 0.466 e. The van der Waals surface area contributed by atoms with Gasteiger partial charge in [0.2, 0.25) is 0 Å². The number of amides is 3. The van der Waals surface area contributed by atoms with Gasteiger partial charge in [0, 0.05) is 0 Å². The van der Waals surface area contributed by atoms with Gasteiger partial charge in [0.25, 0.3) is 5.91 Å². The van der Waals surface area contributed by atoms with E-state index in [1.165, 1.54) is 6.26 Å². The third-order valence-electron chi connectivity index (χ3n) is 4.10. The zero-order chi connectivity index (χ0) is 17.9. The van der Waals surface area contributed by atoms with Crippen LogP contribution in [-0.4, -0.2) is 41.2 Å². The van der Waals surface area contributed by atoms with Gasteiger partial charge in [-0.3, -0.25) is 9.69 Å². The molecule has 0 radical (unpaired) electrons. The Balaban J connectivity index is 1.55. The highest BCUT2D eigenvalue weighted by molar-refractivity contribution is 6.06. The van der Waals surface area contributed by atoms with Crippen molar-refractivity contribution in [2.45, 2.75) is 25.2 Å². The molecule has 1 aliphatic rings. The van der Waals surface area contributed by atoms with Gasteiger partial charge in [-0.2, -0.15) is 0 Å². The number of carbonyl (C=O) groups excluding carboxylic acids is 2. The van der Waals surface area contributed by atoms with Crippen molar-refractivity contribution in [1.82, 2.24) is 10.2 Å². The molecule has 0 spiro atoms. The molecule has 1 aromatic carbocycles. The molecule has 7 heteroatoms. The van der Waals surface area contributed by atoms with Crippen LogP contribution >= 0.6 is 0 Å². The maximum Gasteiger partial charge on any atom is 0.325 e. The number of aliphatic hydroxyl groups excluding tert-OH is 1. The Labute approximate surface area is 145 Å². The number of urea groups is 1. The molecule has 1 saturated heterocycles. The fourth-order valence-corrected chi connectivity index (χ4v) is 2.74. The fourth-order valence-electron chi connectivity index (χ4n) is 2.74. The highest BCUT2D eigenvalue weighted by Crippen LogP contribution is 2.29. The first kappa shape index (κ1) is 17.2. The van der Waals surface area contributed by atoms with Gasteiger partial charge in [0.1, 0.15) is 5.76 Å². The van der Waals surface area contributed by atoms with E-state index in [-0.39, 0.29) is 13.2 Å². The molecule has 0 unspecified atom stereocenters. The average molecular weight is 344 g/mol. The van der Waals surface area contributed by atoms with Gasteiger partial charge in [-0.1, -0.05) is 30.3 Å². The number of furan rings is 1. The Morgan fingerprint density at radius 3 is 2.68 bits per heavy atom. The number of hydrogen-bond acceptors (Lipinski definition) is 5. The van der Waals surface area contributed by atoms with Crippen molar-refractivity contribution in [1.29, 1.82) is 0 Å². The van der Waals surface area contributed by atoms with Crippen molar-refractivity contribution in [2.75, 3.05) is 13.2 Å². The number of hydrogen-bond donors (Lipinski definition) is 2. The van der Waals surface area contributed by atoms with Crippen LogP contribution < -0.4 is 5.32 Å². The van der Waals surface area contributed by atoms with Crippen molar-refractivity contribution in [2.24, 2.45) is 0 Å². The summed E-state index contributed by atoms with van der Waals surface area (Å²) in [7, 11) is 0. The number of carbonyl (C=O) groups is 2. The standard InChI is InChI=1S/C18H20N2O5/c1-18(15-8-5-9-25-15)16(22)20(17(23)19-18)10-14(21)12-24-11-13-6-3-2-4-7-13/h2-9,14,21H,10-12H2,1H3,(H,19,23)/t14-,18+/m0/s1. The van der Waals surface area contributed by atoms with E-state index in [9.17, 15) is 14.7 Å². The number of rotatable bonds is 7. The second kappa shape index (κ2) is 7.08. The number of β-amino-alcohol motifs (C(OH)–C–C–N with tert-alkyl or cyclic N) is 1. The van der Waals surface area contributed by atoms with E-state index in [2.05, 4.69) is 5.32 Å². The van der Waals surface area contributed by atoms with Crippen LogP contribution in [0.4, 0.5) is 4.79 Å². The van der Waals surface area contributed by atoms with Gasteiger partial charge in [-0.05, 0) is 24.6 Å². The van der Waals surface area contributed by atoms with Crippen molar-refractivity contribution >= 4 is 11.9 Å². The summed E-state index contributed by atoms with van der Waals surface area (Å²) in [5.41, 5.74) is -0.277. The maximum atomic E-state index is 12.6. The summed E-state index contributed by atoms with van der Waals surface area (Å²) in [6, 6.07) is 12.3. The van der Waals surface area contributed by atoms with E-state index in [0.29, 0.717) is 12.4 Å². The zero-order valence-corrected chi connectivity index (χ0v) is 13.8. The molecular weight excluding hydrogens is 324 g/mol. The predicted molar refractivity (Wildman–Crippen MR) is 88.4 cm³/mol. The minimum atomic E-state index is -1.26. The molecule has 0 bridgehead atoms. The van der Waals surface area contributed by atoms with Gasteiger partial charge in [-0.25, -0.2) is 4.79 Å². The van der Waals surface area contributed by atoms with Gasteiger partial charge in [0.15, 0.2) is 5.54 Å². The third kappa shape index (κ3) is 3.57. The molecule has 2 N–H and O–H groups in total. The first-order valence-electron chi connectivity index (χ1n) is 7.98. The molecule has 1 fully saturated rings. The molecule has 1 aliphatic heterocycles. The number of ether oxygens (including phenoxy) is 1. The molecule has 132 valence electrons. The highest BCUT2D eigenvalue weighted by atomic mass is 16.5. The molecule has 3 amide bonds. The molecule has 7 nitrogen and oxygen atoms in total. The number of nitrogens with one attached hydrogen (secondary N) is 1. The van der Waals surface area contributed by atoms with E-state index in [1.54, 1.807) is 19.1 Å². The monoisotopic (exact) mass is 344 g/mol. The van der Waals surface area contributed by atoms with Crippen LogP contribution in [0, 0.1) is 0 Å². The lowest BCUT2D eigenvalue weighted by Crippen LogP contribution is -2.42. The van der Waals surface area contributed by atoms with E-state index >= 15 is 0 Å². The number of aliphatic hydroxyl groups is 1. The second-order valence-electron chi connectivity index (χ2n) is 6.10. The van der Waals surface area contributed by atoms with Gasteiger partial charge >= 0.3 is 6.03 Å². The van der Waals surface area contributed by atoms with Crippen LogP contribution in [0.1, 0.15) is 18.2 Å². The smallest absolute Gasteiger partial charge is 0.325 e. The zero-order valence-electron chi connectivity index (χ0n) is 13.8. The topological polar surface area (TPSA) is 92.0 Å². The first-order chi connectivity index (χ1) is 12.0. The van der Waals surface area contributed by atoms with Crippen LogP contribution in [-0.2, 0) is 21.7 Å². The lowest BCUT2D eigenvalue weighted by atomic mass is 9.99. The predicted octanol–water partition coefficient (Wildman–Crippen LogP) is 1.62. The number of nitrogens with zero attached hydrogens (tertiary/aromatic N) is 1. The summed E-state index contributed by atoms with van der Waals surface area (Å²) in [6.07, 6.45) is 0.465. The van der Waals surface area contributed by atoms with Crippen LogP contribution in [0.25, 0.3) is 0 Å². The van der Waals surface area contributed by atoms with Crippen molar-refractivity contribution in [3.63, 3.8) is 0 Å². The molecule has 2 atom stereocenters. The number of imide groups is 1. The van der Waals surface area contributed by atoms with Gasteiger partial charge in [0.05, 0.1) is 32.1 Å². The molecule has 25 heavy (non-hydrogen) atoms. The number of benzene rings is 1. The van der Waals surface area contributed by atoms with Gasteiger partial charge < -0.3 is 19.6 Å². The second-order valence-corrected chi connectivity index (χ2v) is 6.10.